The van der Waals surface area contributed by atoms with E-state index in [9.17, 15) is 0 Å². The zero-order valence-electron chi connectivity index (χ0n) is 9.16. The van der Waals surface area contributed by atoms with E-state index in [1.54, 1.807) is 0 Å². The topological polar surface area (TPSA) is 24.9 Å². The molecule has 2 nitrogen and oxygen atoms in total. The SMILES string of the molecule is CCC[C@@H](C)CNCc1cccnc1. The minimum Gasteiger partial charge on any atom is -0.312 e. The number of pyridine rings is 1. The third-order valence-corrected chi connectivity index (χ3v) is 2.33. The highest BCUT2D eigenvalue weighted by atomic mass is 14.9. The van der Waals surface area contributed by atoms with Crippen LogP contribution in [0.4, 0.5) is 0 Å². The van der Waals surface area contributed by atoms with Gasteiger partial charge in [-0.25, -0.2) is 0 Å². The van der Waals surface area contributed by atoms with E-state index in [1.165, 1.54) is 18.4 Å². The van der Waals surface area contributed by atoms with Gasteiger partial charge in [-0.3, -0.25) is 4.98 Å². The van der Waals surface area contributed by atoms with E-state index in [0.29, 0.717) is 0 Å². The van der Waals surface area contributed by atoms with E-state index in [1.807, 2.05) is 18.5 Å². The van der Waals surface area contributed by atoms with Crippen LogP contribution in [0.2, 0.25) is 0 Å². The van der Waals surface area contributed by atoms with Crippen molar-refractivity contribution in [1.29, 1.82) is 0 Å². The zero-order valence-corrected chi connectivity index (χ0v) is 9.16. The average molecular weight is 192 g/mol. The molecule has 0 aliphatic heterocycles. The average Bonchev–Trinajstić information content (AvgIpc) is 2.20. The molecule has 0 aromatic carbocycles. The maximum absolute atomic E-state index is 4.08. The van der Waals surface area contributed by atoms with Crippen molar-refractivity contribution >= 4 is 0 Å². The van der Waals surface area contributed by atoms with Crippen LogP contribution in [-0.2, 0) is 6.54 Å². The van der Waals surface area contributed by atoms with Gasteiger partial charge in [0.15, 0.2) is 0 Å². The van der Waals surface area contributed by atoms with Crippen LogP contribution >= 0.6 is 0 Å². The second-order valence-electron chi connectivity index (χ2n) is 3.89. The summed E-state index contributed by atoms with van der Waals surface area (Å²) in [6.45, 7) is 6.56. The summed E-state index contributed by atoms with van der Waals surface area (Å²) in [7, 11) is 0. The molecule has 0 radical (unpaired) electrons. The molecule has 14 heavy (non-hydrogen) atoms. The standard InChI is InChI=1S/C12H20N2/c1-3-5-11(2)8-14-10-12-6-4-7-13-9-12/h4,6-7,9,11,14H,3,5,8,10H2,1-2H3/t11-/m1/s1. The van der Waals surface area contributed by atoms with Gasteiger partial charge in [0.2, 0.25) is 0 Å². The first kappa shape index (κ1) is 11.2. The molecule has 0 amide bonds. The van der Waals surface area contributed by atoms with Gasteiger partial charge in [-0.15, -0.1) is 0 Å². The Labute approximate surface area is 86.8 Å². The first-order valence-electron chi connectivity index (χ1n) is 5.42. The minimum atomic E-state index is 0.775. The smallest absolute Gasteiger partial charge is 0.0312 e. The van der Waals surface area contributed by atoms with E-state index in [4.69, 9.17) is 0 Å². The predicted octanol–water partition coefficient (Wildman–Crippen LogP) is 2.61. The summed E-state index contributed by atoms with van der Waals surface area (Å²) in [4.78, 5) is 4.08. The Morgan fingerprint density at radius 3 is 3.00 bits per heavy atom. The molecule has 0 spiro atoms. The summed E-state index contributed by atoms with van der Waals surface area (Å²) in [5, 5.41) is 3.45. The van der Waals surface area contributed by atoms with Crippen LogP contribution in [-0.4, -0.2) is 11.5 Å². The van der Waals surface area contributed by atoms with E-state index >= 15 is 0 Å². The molecule has 0 saturated heterocycles. The third-order valence-electron chi connectivity index (χ3n) is 2.33. The lowest BCUT2D eigenvalue weighted by Crippen LogP contribution is -2.20. The monoisotopic (exact) mass is 192 g/mol. The Kier molecular flexibility index (Phi) is 5.23. The Morgan fingerprint density at radius 2 is 2.36 bits per heavy atom. The van der Waals surface area contributed by atoms with Crippen LogP contribution in [0.1, 0.15) is 32.3 Å². The molecule has 2 heteroatoms. The number of rotatable bonds is 6. The Bertz CT molecular complexity index is 233. The molecule has 78 valence electrons. The molecular formula is C12H20N2. The molecular weight excluding hydrogens is 172 g/mol. The predicted molar refractivity (Wildman–Crippen MR) is 60.0 cm³/mol. The molecule has 1 heterocycles. The molecule has 1 aromatic heterocycles. The number of nitrogens with zero attached hydrogens (tertiary/aromatic N) is 1. The second kappa shape index (κ2) is 6.55. The summed E-state index contributed by atoms with van der Waals surface area (Å²) >= 11 is 0. The molecule has 0 unspecified atom stereocenters. The molecule has 1 atom stereocenters. The summed E-state index contributed by atoms with van der Waals surface area (Å²) in [5.41, 5.74) is 1.26. The van der Waals surface area contributed by atoms with Gasteiger partial charge in [0, 0.05) is 18.9 Å². The normalized spacial score (nSPS) is 12.7. The van der Waals surface area contributed by atoms with E-state index in [-0.39, 0.29) is 0 Å². The molecule has 0 bridgehead atoms. The van der Waals surface area contributed by atoms with Crippen molar-refractivity contribution in [1.82, 2.24) is 10.3 Å². The fraction of sp³-hybridized carbons (Fsp3) is 0.583. The van der Waals surface area contributed by atoms with Crippen LogP contribution < -0.4 is 5.32 Å². The van der Waals surface area contributed by atoms with Crippen molar-refractivity contribution in [3.8, 4) is 0 Å². The Hall–Kier alpha value is -0.890. The summed E-state index contributed by atoms with van der Waals surface area (Å²) < 4.78 is 0. The van der Waals surface area contributed by atoms with Crippen molar-refractivity contribution in [2.45, 2.75) is 33.2 Å². The van der Waals surface area contributed by atoms with Gasteiger partial charge in [0.05, 0.1) is 0 Å². The van der Waals surface area contributed by atoms with Gasteiger partial charge in [-0.05, 0) is 30.5 Å². The van der Waals surface area contributed by atoms with Gasteiger partial charge in [-0.1, -0.05) is 26.3 Å². The number of nitrogens with one attached hydrogen (secondary N) is 1. The maximum Gasteiger partial charge on any atom is 0.0312 e. The lowest BCUT2D eigenvalue weighted by atomic mass is 10.1. The van der Waals surface area contributed by atoms with Crippen LogP contribution in [0.3, 0.4) is 0 Å². The van der Waals surface area contributed by atoms with E-state index in [2.05, 4.69) is 30.2 Å². The van der Waals surface area contributed by atoms with Crippen molar-refractivity contribution in [3.05, 3.63) is 30.1 Å². The molecule has 1 N–H and O–H groups in total. The first-order chi connectivity index (χ1) is 6.83. The first-order valence-corrected chi connectivity index (χ1v) is 5.42. The van der Waals surface area contributed by atoms with Gasteiger partial charge in [-0.2, -0.15) is 0 Å². The van der Waals surface area contributed by atoms with E-state index in [0.717, 1.165) is 19.0 Å². The lowest BCUT2D eigenvalue weighted by molar-refractivity contribution is 0.475. The molecule has 1 aromatic rings. The maximum atomic E-state index is 4.08. The van der Waals surface area contributed by atoms with Gasteiger partial charge >= 0.3 is 0 Å². The summed E-state index contributed by atoms with van der Waals surface area (Å²) in [5.74, 6) is 0.775. The van der Waals surface area contributed by atoms with Crippen LogP contribution in [0, 0.1) is 5.92 Å². The quantitative estimate of drug-likeness (QED) is 0.749. The van der Waals surface area contributed by atoms with Crippen molar-refractivity contribution in [3.63, 3.8) is 0 Å². The number of hydrogen-bond donors (Lipinski definition) is 1. The lowest BCUT2D eigenvalue weighted by Gasteiger charge is -2.10. The van der Waals surface area contributed by atoms with Crippen molar-refractivity contribution in [2.75, 3.05) is 6.54 Å². The number of hydrogen-bond acceptors (Lipinski definition) is 2. The van der Waals surface area contributed by atoms with Gasteiger partial charge < -0.3 is 5.32 Å². The highest BCUT2D eigenvalue weighted by Crippen LogP contribution is 2.03. The second-order valence-corrected chi connectivity index (χ2v) is 3.89. The number of aromatic nitrogens is 1. The van der Waals surface area contributed by atoms with E-state index < -0.39 is 0 Å². The molecule has 1 rings (SSSR count). The van der Waals surface area contributed by atoms with Crippen molar-refractivity contribution in [2.24, 2.45) is 5.92 Å². The zero-order chi connectivity index (χ0) is 10.2. The molecule has 0 aliphatic carbocycles. The summed E-state index contributed by atoms with van der Waals surface area (Å²) in [6.07, 6.45) is 6.30. The van der Waals surface area contributed by atoms with Crippen LogP contribution in [0.5, 0.6) is 0 Å². The molecule has 0 aliphatic rings. The Balaban J connectivity index is 2.16. The van der Waals surface area contributed by atoms with Crippen molar-refractivity contribution < 1.29 is 0 Å². The Morgan fingerprint density at radius 1 is 1.50 bits per heavy atom. The third kappa shape index (κ3) is 4.38. The van der Waals surface area contributed by atoms with Gasteiger partial charge in [0.25, 0.3) is 0 Å². The fourth-order valence-corrected chi connectivity index (χ4v) is 1.56. The summed E-state index contributed by atoms with van der Waals surface area (Å²) in [6, 6.07) is 4.08. The van der Waals surface area contributed by atoms with Crippen LogP contribution in [0.15, 0.2) is 24.5 Å². The van der Waals surface area contributed by atoms with Gasteiger partial charge in [0.1, 0.15) is 0 Å². The molecule has 0 saturated carbocycles. The highest BCUT2D eigenvalue weighted by Gasteiger charge is 1.99. The largest absolute Gasteiger partial charge is 0.312 e. The molecule has 0 fully saturated rings. The fourth-order valence-electron chi connectivity index (χ4n) is 1.56. The highest BCUT2D eigenvalue weighted by molar-refractivity contribution is 5.07. The minimum absolute atomic E-state index is 0.775. The van der Waals surface area contributed by atoms with Crippen LogP contribution in [0.25, 0.3) is 0 Å².